The lowest BCUT2D eigenvalue weighted by atomic mass is 9.96. The molecule has 1 N–H and O–H groups in total. The van der Waals surface area contributed by atoms with Crippen LogP contribution in [-0.2, 0) is 4.79 Å². The SMILES string of the molecule is COc1cc(C)c(-c2nc3ccccc3c(=O)n2N=Cc2ccc(OCC(=O)Nc3ccccc3C)c(I)c2)cc1C(C)C. The summed E-state index contributed by atoms with van der Waals surface area (Å²) in [5.41, 5.74) is 5.56. The van der Waals surface area contributed by atoms with Crippen LogP contribution in [0.25, 0.3) is 22.3 Å². The molecule has 0 bridgehead atoms. The quantitative estimate of drug-likeness (QED) is 0.129. The Morgan fingerprint density at radius 3 is 2.48 bits per heavy atom. The van der Waals surface area contributed by atoms with Gasteiger partial charge in [0.15, 0.2) is 12.4 Å². The molecular formula is C35H33IN4O4. The van der Waals surface area contributed by atoms with Gasteiger partial charge in [-0.05, 0) is 113 Å². The summed E-state index contributed by atoms with van der Waals surface area (Å²) in [7, 11) is 1.66. The number of halogens is 1. The zero-order chi connectivity index (χ0) is 31.4. The molecule has 1 heterocycles. The van der Waals surface area contributed by atoms with Crippen molar-refractivity contribution in [1.82, 2.24) is 9.66 Å². The van der Waals surface area contributed by atoms with E-state index in [1.807, 2.05) is 80.6 Å². The number of nitrogens with zero attached hydrogens (tertiary/aromatic N) is 3. The summed E-state index contributed by atoms with van der Waals surface area (Å²) in [5.74, 6) is 1.77. The number of para-hydroxylation sites is 2. The monoisotopic (exact) mass is 700 g/mol. The van der Waals surface area contributed by atoms with E-state index in [1.165, 1.54) is 4.68 Å². The Bertz CT molecular complexity index is 1950. The number of ether oxygens (including phenoxy) is 2. The lowest BCUT2D eigenvalue weighted by Gasteiger charge is -2.17. The number of fused-ring (bicyclic) bond motifs is 1. The number of methoxy groups -OCH3 is 1. The van der Waals surface area contributed by atoms with Gasteiger partial charge < -0.3 is 14.8 Å². The second-order valence-corrected chi connectivity index (χ2v) is 11.9. The number of nitrogens with one attached hydrogen (secondary N) is 1. The molecule has 5 aromatic rings. The summed E-state index contributed by atoms with van der Waals surface area (Å²) < 4.78 is 13.6. The van der Waals surface area contributed by atoms with Crippen molar-refractivity contribution in [2.75, 3.05) is 19.0 Å². The molecule has 0 aliphatic carbocycles. The first-order valence-corrected chi connectivity index (χ1v) is 15.3. The molecule has 0 aliphatic heterocycles. The van der Waals surface area contributed by atoms with Crippen LogP contribution >= 0.6 is 22.6 Å². The molecule has 0 atom stereocenters. The maximum Gasteiger partial charge on any atom is 0.282 e. The van der Waals surface area contributed by atoms with Gasteiger partial charge in [-0.2, -0.15) is 9.78 Å². The van der Waals surface area contributed by atoms with Crippen LogP contribution in [0, 0.1) is 17.4 Å². The Morgan fingerprint density at radius 1 is 1.00 bits per heavy atom. The summed E-state index contributed by atoms with van der Waals surface area (Å²) in [4.78, 5) is 31.1. The van der Waals surface area contributed by atoms with Gasteiger partial charge in [0.1, 0.15) is 11.5 Å². The first-order valence-electron chi connectivity index (χ1n) is 14.2. The van der Waals surface area contributed by atoms with Gasteiger partial charge in [0.05, 0.1) is 27.8 Å². The largest absolute Gasteiger partial charge is 0.496 e. The molecule has 224 valence electrons. The van der Waals surface area contributed by atoms with Crippen molar-refractivity contribution < 1.29 is 14.3 Å². The summed E-state index contributed by atoms with van der Waals surface area (Å²) in [6.45, 7) is 7.98. The Labute approximate surface area is 269 Å². The molecule has 1 amide bonds. The third-order valence-corrected chi connectivity index (χ3v) is 8.09. The van der Waals surface area contributed by atoms with Crippen molar-refractivity contribution >= 4 is 51.3 Å². The lowest BCUT2D eigenvalue weighted by Crippen LogP contribution is -2.21. The van der Waals surface area contributed by atoms with Gasteiger partial charge in [0, 0.05) is 11.3 Å². The number of rotatable bonds is 9. The fourth-order valence-electron chi connectivity index (χ4n) is 4.85. The number of benzene rings is 4. The van der Waals surface area contributed by atoms with E-state index in [2.05, 4.69) is 46.9 Å². The molecule has 0 unspecified atom stereocenters. The van der Waals surface area contributed by atoms with Crippen LogP contribution in [0.1, 0.15) is 42.0 Å². The normalized spacial score (nSPS) is 11.3. The van der Waals surface area contributed by atoms with Crippen LogP contribution in [0.15, 0.2) is 88.8 Å². The molecule has 4 aromatic carbocycles. The van der Waals surface area contributed by atoms with E-state index in [4.69, 9.17) is 14.5 Å². The Morgan fingerprint density at radius 2 is 1.75 bits per heavy atom. The number of aromatic nitrogens is 2. The number of aryl methyl sites for hydroxylation is 2. The Hall–Kier alpha value is -4.51. The molecule has 0 spiro atoms. The average Bonchev–Trinajstić information content (AvgIpc) is 3.01. The van der Waals surface area contributed by atoms with Gasteiger partial charge in [0.2, 0.25) is 0 Å². The lowest BCUT2D eigenvalue weighted by molar-refractivity contribution is -0.118. The molecule has 0 saturated heterocycles. The van der Waals surface area contributed by atoms with E-state index in [0.717, 1.165) is 42.8 Å². The van der Waals surface area contributed by atoms with Gasteiger partial charge in [-0.15, -0.1) is 0 Å². The van der Waals surface area contributed by atoms with Crippen LogP contribution in [0.2, 0.25) is 0 Å². The number of carbonyl (C=O) groups is 1. The predicted molar refractivity (Wildman–Crippen MR) is 184 cm³/mol. The van der Waals surface area contributed by atoms with Gasteiger partial charge in [-0.3, -0.25) is 9.59 Å². The highest BCUT2D eigenvalue weighted by molar-refractivity contribution is 14.1. The average molecular weight is 701 g/mol. The highest BCUT2D eigenvalue weighted by atomic mass is 127. The zero-order valence-corrected chi connectivity index (χ0v) is 27.4. The minimum atomic E-state index is -0.266. The molecule has 44 heavy (non-hydrogen) atoms. The van der Waals surface area contributed by atoms with Gasteiger partial charge >= 0.3 is 0 Å². The van der Waals surface area contributed by atoms with E-state index in [1.54, 1.807) is 25.5 Å². The van der Waals surface area contributed by atoms with E-state index in [9.17, 15) is 9.59 Å². The molecule has 5 rings (SSSR count). The first kappa shape index (κ1) is 30.9. The minimum Gasteiger partial charge on any atom is -0.496 e. The molecular weight excluding hydrogens is 667 g/mol. The van der Waals surface area contributed by atoms with Crippen LogP contribution < -0.4 is 20.3 Å². The fourth-order valence-corrected chi connectivity index (χ4v) is 5.55. The summed E-state index contributed by atoms with van der Waals surface area (Å²) in [5, 5.41) is 7.99. The molecule has 0 saturated carbocycles. The maximum absolute atomic E-state index is 13.7. The smallest absolute Gasteiger partial charge is 0.282 e. The second-order valence-electron chi connectivity index (χ2n) is 10.7. The van der Waals surface area contributed by atoms with Crippen molar-refractivity contribution in [3.8, 4) is 22.9 Å². The molecule has 0 radical (unpaired) electrons. The highest BCUT2D eigenvalue weighted by Gasteiger charge is 2.18. The maximum atomic E-state index is 13.7. The molecule has 0 fully saturated rings. The minimum absolute atomic E-state index is 0.126. The number of carbonyl (C=O) groups excluding carboxylic acids is 1. The summed E-state index contributed by atoms with van der Waals surface area (Å²) >= 11 is 2.16. The number of anilines is 1. The van der Waals surface area contributed by atoms with Crippen molar-refractivity contribution in [2.24, 2.45) is 5.10 Å². The Balaban J connectivity index is 1.45. The van der Waals surface area contributed by atoms with Crippen LogP contribution in [0.5, 0.6) is 11.5 Å². The van der Waals surface area contributed by atoms with Gasteiger partial charge in [0.25, 0.3) is 11.5 Å². The predicted octanol–water partition coefficient (Wildman–Crippen LogP) is 7.32. The van der Waals surface area contributed by atoms with Crippen molar-refractivity contribution in [2.45, 2.75) is 33.6 Å². The summed E-state index contributed by atoms with van der Waals surface area (Å²) in [6.07, 6.45) is 1.63. The topological polar surface area (TPSA) is 94.8 Å². The Kier molecular flexibility index (Phi) is 9.43. The standard InChI is InChI=1S/C35H33IN4O4/c1-21(2)26-18-27(23(4)16-32(26)43-5)34-39-30-13-9-7-11-25(30)35(42)40(34)37-19-24-14-15-31(28(36)17-24)44-20-33(41)38-29-12-8-6-10-22(29)3/h6-19,21H,20H2,1-5H3,(H,38,41). The highest BCUT2D eigenvalue weighted by Crippen LogP contribution is 2.34. The van der Waals surface area contributed by atoms with Gasteiger partial charge in [-0.1, -0.05) is 44.2 Å². The van der Waals surface area contributed by atoms with Crippen LogP contribution in [0.4, 0.5) is 5.69 Å². The van der Waals surface area contributed by atoms with Gasteiger partial charge in [-0.25, -0.2) is 4.98 Å². The number of hydrogen-bond acceptors (Lipinski definition) is 6. The van der Waals surface area contributed by atoms with E-state index in [-0.39, 0.29) is 24.0 Å². The van der Waals surface area contributed by atoms with Crippen LogP contribution in [0.3, 0.4) is 0 Å². The third kappa shape index (κ3) is 6.67. The van der Waals surface area contributed by atoms with E-state index >= 15 is 0 Å². The molecule has 1 aromatic heterocycles. The fraction of sp³-hybridized carbons (Fsp3) is 0.200. The molecule has 9 heteroatoms. The van der Waals surface area contributed by atoms with Crippen molar-refractivity contribution in [3.63, 3.8) is 0 Å². The summed E-state index contributed by atoms with van der Waals surface area (Å²) in [6, 6.07) is 24.4. The van der Waals surface area contributed by atoms with Crippen molar-refractivity contribution in [1.29, 1.82) is 0 Å². The van der Waals surface area contributed by atoms with Crippen molar-refractivity contribution in [3.05, 3.63) is 115 Å². The number of hydrogen-bond donors (Lipinski definition) is 1. The van der Waals surface area contributed by atoms with E-state index < -0.39 is 0 Å². The first-order chi connectivity index (χ1) is 21.2. The van der Waals surface area contributed by atoms with E-state index in [0.29, 0.717) is 22.5 Å². The zero-order valence-electron chi connectivity index (χ0n) is 25.2. The molecule has 8 nitrogen and oxygen atoms in total. The van der Waals surface area contributed by atoms with Crippen LogP contribution in [-0.4, -0.2) is 35.5 Å². The number of amides is 1. The molecule has 0 aliphatic rings. The second kappa shape index (κ2) is 13.4. The third-order valence-electron chi connectivity index (χ3n) is 7.25.